The average molecular weight is 601 g/mol. The molecule has 0 N–H and O–H groups in total. The van der Waals surface area contributed by atoms with Crippen LogP contribution < -0.4 is 4.74 Å². The van der Waals surface area contributed by atoms with Crippen molar-refractivity contribution in [2.75, 3.05) is 26.2 Å². The van der Waals surface area contributed by atoms with Gasteiger partial charge in [0.1, 0.15) is 6.10 Å². The molecule has 0 unspecified atom stereocenters. The van der Waals surface area contributed by atoms with Gasteiger partial charge in [-0.25, -0.2) is 4.98 Å². The van der Waals surface area contributed by atoms with Gasteiger partial charge in [-0.1, -0.05) is 32.9 Å². The van der Waals surface area contributed by atoms with E-state index in [4.69, 9.17) is 13.9 Å². The molecule has 1 saturated carbocycles. The second-order valence-electron chi connectivity index (χ2n) is 14.0. The number of hydrogen-bond acceptors (Lipinski definition) is 6. The number of likely N-dealkylation sites (tertiary alicyclic amines) is 1. The van der Waals surface area contributed by atoms with Crippen LogP contribution in [0.25, 0.3) is 32.9 Å². The second-order valence-corrected chi connectivity index (χ2v) is 18.9. The summed E-state index contributed by atoms with van der Waals surface area (Å²) in [4.78, 5) is 11.5. The van der Waals surface area contributed by atoms with Crippen molar-refractivity contribution in [3.63, 3.8) is 0 Å². The lowest BCUT2D eigenvalue weighted by molar-refractivity contribution is -0.111. The van der Waals surface area contributed by atoms with Gasteiger partial charge >= 0.3 is 0 Å². The minimum Gasteiger partial charge on any atom is -0.474 e. The topological polar surface area (TPSA) is 61.6 Å². The first-order valence-electron chi connectivity index (χ1n) is 16.0. The quantitative estimate of drug-likeness (QED) is 0.138. The molecule has 1 saturated heterocycles. The summed E-state index contributed by atoms with van der Waals surface area (Å²) in [5, 5.41) is 2.68. The van der Waals surface area contributed by atoms with Crippen LogP contribution in [-0.2, 0) is 16.2 Å². The maximum absolute atomic E-state index is 6.44. The molecule has 4 heterocycles. The van der Waals surface area contributed by atoms with E-state index in [1.807, 2.05) is 24.7 Å². The Kier molecular flexibility index (Phi) is 8.66. The van der Waals surface area contributed by atoms with Gasteiger partial charge in [-0.2, -0.15) is 0 Å². The molecule has 0 spiro atoms. The largest absolute Gasteiger partial charge is 0.474 e. The van der Waals surface area contributed by atoms with Crippen LogP contribution in [-0.4, -0.2) is 72.3 Å². The summed E-state index contributed by atoms with van der Waals surface area (Å²) in [6.45, 7) is 15.9. The molecule has 0 amide bonds. The zero-order valence-corrected chi connectivity index (χ0v) is 27.8. The maximum atomic E-state index is 6.44. The van der Waals surface area contributed by atoms with E-state index in [-0.39, 0.29) is 11.1 Å². The fraction of sp³-hybridized carbons (Fsp3) is 0.543. The number of pyridine rings is 2. The molecule has 2 fully saturated rings. The number of piperidine rings is 1. The predicted octanol–water partition coefficient (Wildman–Crippen LogP) is 7.59. The smallest absolute Gasteiger partial charge is 0.213 e. The number of aromatic nitrogens is 3. The standard InChI is InChI=1S/C35H48N4O3Si/c1-35(2,3)43(5,6)40-19-7-16-39-17-13-27(14-18-39)41-28-21-29(22-28)42-34-11-9-26(23-37-34)25-8-10-30-31-24-36-15-12-32(31)38(4)33(30)20-25/h8-12,15,20,23-24,27-29H,7,13-14,16-19,21-22H2,1-6H3. The molecule has 3 aromatic heterocycles. The summed E-state index contributed by atoms with van der Waals surface area (Å²) in [6, 6.07) is 12.7. The van der Waals surface area contributed by atoms with Gasteiger partial charge in [0.2, 0.25) is 5.88 Å². The summed E-state index contributed by atoms with van der Waals surface area (Å²) in [5.41, 5.74) is 4.62. The summed E-state index contributed by atoms with van der Waals surface area (Å²) < 4.78 is 21.2. The molecule has 1 aliphatic carbocycles. The summed E-state index contributed by atoms with van der Waals surface area (Å²) in [5.74, 6) is 0.690. The van der Waals surface area contributed by atoms with Crippen molar-refractivity contribution >= 4 is 30.1 Å². The molecule has 6 rings (SSSR count). The third-order valence-electron chi connectivity index (χ3n) is 10.0. The molecule has 2 aliphatic rings. The van der Waals surface area contributed by atoms with Gasteiger partial charge in [0.25, 0.3) is 0 Å². The van der Waals surface area contributed by atoms with Gasteiger partial charge in [0, 0.05) is 92.6 Å². The highest BCUT2D eigenvalue weighted by Gasteiger charge is 2.37. The Morgan fingerprint density at radius 2 is 1.65 bits per heavy atom. The van der Waals surface area contributed by atoms with Crippen molar-refractivity contribution in [3.05, 3.63) is 55.0 Å². The molecule has 230 valence electrons. The van der Waals surface area contributed by atoms with Gasteiger partial charge in [0.15, 0.2) is 8.32 Å². The van der Waals surface area contributed by atoms with E-state index in [0.29, 0.717) is 18.1 Å². The predicted molar refractivity (Wildman–Crippen MR) is 177 cm³/mol. The van der Waals surface area contributed by atoms with E-state index >= 15 is 0 Å². The van der Waals surface area contributed by atoms with E-state index in [1.54, 1.807) is 0 Å². The number of nitrogens with zero attached hydrogens (tertiary/aromatic N) is 4. The van der Waals surface area contributed by atoms with Gasteiger partial charge in [0.05, 0.1) is 17.7 Å². The van der Waals surface area contributed by atoms with Crippen LogP contribution in [0.3, 0.4) is 0 Å². The molecule has 0 bridgehead atoms. The molecule has 1 aromatic carbocycles. The molecule has 8 heteroatoms. The van der Waals surface area contributed by atoms with Gasteiger partial charge < -0.3 is 23.4 Å². The molecule has 7 nitrogen and oxygen atoms in total. The van der Waals surface area contributed by atoms with Crippen LogP contribution in [0.2, 0.25) is 18.1 Å². The number of hydrogen-bond donors (Lipinski definition) is 0. The third-order valence-corrected chi connectivity index (χ3v) is 14.6. The molecule has 0 atom stereocenters. The van der Waals surface area contributed by atoms with Crippen LogP contribution in [0.4, 0.5) is 0 Å². The average Bonchev–Trinajstić information content (AvgIpc) is 3.26. The summed E-state index contributed by atoms with van der Waals surface area (Å²) in [7, 11) is 0.471. The number of rotatable bonds is 10. The van der Waals surface area contributed by atoms with Crippen molar-refractivity contribution in [1.82, 2.24) is 19.4 Å². The van der Waals surface area contributed by atoms with Crippen molar-refractivity contribution in [2.24, 2.45) is 7.05 Å². The third kappa shape index (κ3) is 6.67. The van der Waals surface area contributed by atoms with E-state index in [1.165, 1.54) is 21.8 Å². The monoisotopic (exact) mass is 600 g/mol. The van der Waals surface area contributed by atoms with Crippen molar-refractivity contribution in [3.8, 4) is 17.0 Å². The SMILES string of the molecule is Cn1c2ccncc2c2ccc(-c3ccc(OC4CC(OC5CCN(CCCO[Si](C)(C)C(C)(C)C)CC5)C4)nc3)cc21. The Hall–Kier alpha value is -2.78. The highest BCUT2D eigenvalue weighted by molar-refractivity contribution is 6.74. The Morgan fingerprint density at radius 1 is 0.884 bits per heavy atom. The summed E-state index contributed by atoms with van der Waals surface area (Å²) >= 11 is 0. The van der Waals surface area contributed by atoms with Gasteiger partial charge in [-0.15, -0.1) is 0 Å². The fourth-order valence-corrected chi connectivity index (χ4v) is 7.21. The minimum atomic E-state index is -1.64. The van der Waals surface area contributed by atoms with E-state index in [2.05, 4.69) is 90.7 Å². The van der Waals surface area contributed by atoms with Crippen LogP contribution in [0.15, 0.2) is 55.0 Å². The normalized spacial score (nSPS) is 20.5. The first-order valence-corrected chi connectivity index (χ1v) is 19.0. The lowest BCUT2D eigenvalue weighted by Gasteiger charge is -2.40. The van der Waals surface area contributed by atoms with E-state index in [0.717, 1.165) is 69.5 Å². The Morgan fingerprint density at radius 3 is 2.37 bits per heavy atom. The van der Waals surface area contributed by atoms with Crippen LogP contribution in [0.5, 0.6) is 5.88 Å². The summed E-state index contributed by atoms with van der Waals surface area (Å²) in [6.07, 6.45) is 11.8. The number of fused-ring (bicyclic) bond motifs is 3. The van der Waals surface area contributed by atoms with Gasteiger partial charge in [-0.3, -0.25) is 4.98 Å². The Balaban J connectivity index is 0.914. The Bertz CT molecular complexity index is 1530. The first kappa shape index (κ1) is 30.3. The van der Waals surface area contributed by atoms with Crippen LogP contribution in [0, 0.1) is 0 Å². The second kappa shape index (κ2) is 12.3. The molecular formula is C35H48N4O3Si. The number of benzene rings is 1. The number of ether oxygens (including phenoxy) is 2. The number of aryl methyl sites for hydroxylation is 1. The highest BCUT2D eigenvalue weighted by atomic mass is 28.4. The minimum absolute atomic E-state index is 0.185. The van der Waals surface area contributed by atoms with Crippen LogP contribution >= 0.6 is 0 Å². The Labute approximate surface area is 257 Å². The van der Waals surface area contributed by atoms with Crippen molar-refractivity contribution in [2.45, 2.75) is 89.3 Å². The fourth-order valence-electron chi connectivity index (χ4n) is 6.12. The van der Waals surface area contributed by atoms with E-state index < -0.39 is 8.32 Å². The van der Waals surface area contributed by atoms with Crippen molar-refractivity contribution < 1.29 is 13.9 Å². The lowest BCUT2D eigenvalue weighted by Crippen LogP contribution is -2.45. The molecule has 1 aliphatic heterocycles. The molecule has 4 aromatic rings. The zero-order chi connectivity index (χ0) is 30.2. The molecular weight excluding hydrogens is 552 g/mol. The van der Waals surface area contributed by atoms with Crippen LogP contribution in [0.1, 0.15) is 52.9 Å². The molecule has 0 radical (unpaired) electrons. The molecule has 43 heavy (non-hydrogen) atoms. The lowest BCUT2D eigenvalue weighted by atomic mass is 9.91. The highest BCUT2D eigenvalue weighted by Crippen LogP contribution is 2.37. The van der Waals surface area contributed by atoms with Crippen molar-refractivity contribution in [1.29, 1.82) is 0 Å². The first-order chi connectivity index (χ1) is 20.6. The van der Waals surface area contributed by atoms with E-state index in [9.17, 15) is 0 Å². The zero-order valence-electron chi connectivity index (χ0n) is 26.8. The van der Waals surface area contributed by atoms with Gasteiger partial charge in [-0.05, 0) is 61.2 Å². The maximum Gasteiger partial charge on any atom is 0.213 e.